The molecule has 0 spiro atoms. The first-order valence-electron chi connectivity index (χ1n) is 11.5. The summed E-state index contributed by atoms with van der Waals surface area (Å²) in [6.07, 6.45) is 5.87. The van der Waals surface area contributed by atoms with E-state index in [2.05, 4.69) is 55.8 Å². The molecular weight excluding hydrogens is 428 g/mol. The molecule has 4 aromatic rings. The van der Waals surface area contributed by atoms with Crippen LogP contribution in [0.15, 0.2) is 59.8 Å². The van der Waals surface area contributed by atoms with Gasteiger partial charge in [-0.1, -0.05) is 35.9 Å². The fraction of sp³-hybridized carbons (Fsp3) is 0.280. The second-order valence-electron chi connectivity index (χ2n) is 8.76. The van der Waals surface area contributed by atoms with Gasteiger partial charge in [0.05, 0.1) is 31.5 Å². The van der Waals surface area contributed by atoms with Crippen LogP contribution in [-0.4, -0.2) is 51.4 Å². The van der Waals surface area contributed by atoms with Gasteiger partial charge in [-0.2, -0.15) is 20.1 Å². The van der Waals surface area contributed by atoms with Crippen molar-refractivity contribution >= 4 is 40.6 Å². The van der Waals surface area contributed by atoms with Crippen LogP contribution in [0.25, 0.3) is 10.9 Å². The van der Waals surface area contributed by atoms with E-state index in [0.29, 0.717) is 31.1 Å². The predicted molar refractivity (Wildman–Crippen MR) is 134 cm³/mol. The molecule has 172 valence electrons. The molecule has 2 aliphatic heterocycles. The number of H-pyrrole nitrogens is 1. The van der Waals surface area contributed by atoms with E-state index in [0.717, 1.165) is 35.0 Å². The molecule has 34 heavy (non-hydrogen) atoms. The maximum atomic E-state index is 5.75. The van der Waals surface area contributed by atoms with E-state index in [1.54, 1.807) is 6.21 Å². The van der Waals surface area contributed by atoms with Crippen LogP contribution < -0.4 is 15.6 Å². The second-order valence-corrected chi connectivity index (χ2v) is 8.76. The Bertz CT molecular complexity index is 1320. The zero-order valence-electron chi connectivity index (χ0n) is 18.9. The number of hydrogen-bond donors (Lipinski definition) is 3. The number of aromatic nitrogens is 4. The van der Waals surface area contributed by atoms with Gasteiger partial charge in [-0.3, -0.25) is 0 Å². The molecule has 2 bridgehead atoms. The number of nitrogens with one attached hydrogen (secondary N) is 3. The van der Waals surface area contributed by atoms with Crippen LogP contribution in [0, 0.1) is 6.92 Å². The van der Waals surface area contributed by atoms with Crippen LogP contribution in [-0.2, 0) is 4.74 Å². The average molecular weight is 455 g/mol. The molecule has 2 saturated heterocycles. The third kappa shape index (κ3) is 4.06. The van der Waals surface area contributed by atoms with Crippen molar-refractivity contribution in [1.29, 1.82) is 0 Å². The molecule has 9 heteroatoms. The average Bonchev–Trinajstić information content (AvgIpc) is 3.38. The van der Waals surface area contributed by atoms with E-state index in [4.69, 9.17) is 14.7 Å². The van der Waals surface area contributed by atoms with Gasteiger partial charge in [0.15, 0.2) is 0 Å². The lowest BCUT2D eigenvalue weighted by atomic mass is 10.2. The lowest BCUT2D eigenvalue weighted by Crippen LogP contribution is -2.46. The maximum absolute atomic E-state index is 5.75. The number of hydrogen-bond acceptors (Lipinski definition) is 8. The Morgan fingerprint density at radius 2 is 1.76 bits per heavy atom. The monoisotopic (exact) mass is 454 g/mol. The molecule has 2 unspecified atom stereocenters. The van der Waals surface area contributed by atoms with Gasteiger partial charge in [-0.15, -0.1) is 0 Å². The smallest absolute Gasteiger partial charge is 0.250 e. The zero-order valence-corrected chi connectivity index (χ0v) is 18.9. The Balaban J connectivity index is 1.30. The summed E-state index contributed by atoms with van der Waals surface area (Å²) in [7, 11) is 0. The largest absolute Gasteiger partial charge is 0.377 e. The Kier molecular flexibility index (Phi) is 5.31. The third-order valence-electron chi connectivity index (χ3n) is 6.39. The molecule has 2 aromatic carbocycles. The van der Waals surface area contributed by atoms with Crippen LogP contribution in [0.4, 0.5) is 23.5 Å². The molecule has 0 saturated carbocycles. The molecule has 2 aromatic heterocycles. The van der Waals surface area contributed by atoms with Crippen molar-refractivity contribution < 1.29 is 4.74 Å². The molecule has 6 rings (SSSR count). The number of fused-ring (bicyclic) bond motifs is 3. The number of hydrazone groups is 1. The van der Waals surface area contributed by atoms with Crippen LogP contribution in [0.2, 0.25) is 0 Å². The molecule has 2 aliphatic rings. The van der Waals surface area contributed by atoms with Gasteiger partial charge in [0, 0.05) is 28.4 Å². The normalized spacial score (nSPS) is 19.7. The summed E-state index contributed by atoms with van der Waals surface area (Å²) in [4.78, 5) is 19.6. The lowest BCUT2D eigenvalue weighted by molar-refractivity contribution is 0.0897. The fourth-order valence-electron chi connectivity index (χ4n) is 4.67. The van der Waals surface area contributed by atoms with Crippen molar-refractivity contribution in [2.75, 3.05) is 28.9 Å². The highest BCUT2D eigenvalue weighted by atomic mass is 16.5. The number of rotatable bonds is 6. The Morgan fingerprint density at radius 3 is 2.59 bits per heavy atom. The van der Waals surface area contributed by atoms with E-state index in [1.807, 2.05) is 36.5 Å². The molecule has 2 fully saturated rings. The molecule has 0 amide bonds. The van der Waals surface area contributed by atoms with Crippen molar-refractivity contribution in [3.8, 4) is 0 Å². The van der Waals surface area contributed by atoms with Crippen molar-refractivity contribution in [1.82, 2.24) is 19.9 Å². The number of ether oxygens (including phenoxy) is 1. The Morgan fingerprint density at radius 1 is 1.00 bits per heavy atom. The molecule has 0 radical (unpaired) electrons. The maximum Gasteiger partial charge on any atom is 0.250 e. The van der Waals surface area contributed by atoms with E-state index >= 15 is 0 Å². The van der Waals surface area contributed by atoms with Gasteiger partial charge in [-0.25, -0.2) is 5.43 Å². The summed E-state index contributed by atoms with van der Waals surface area (Å²) in [5, 5.41) is 8.83. The molecule has 0 aliphatic carbocycles. The topological polar surface area (TPSA) is 103 Å². The Labute approximate surface area is 197 Å². The highest BCUT2D eigenvalue weighted by Crippen LogP contribution is 2.33. The van der Waals surface area contributed by atoms with Gasteiger partial charge in [0.1, 0.15) is 0 Å². The van der Waals surface area contributed by atoms with Gasteiger partial charge in [-0.05, 0) is 38.0 Å². The molecule has 2 atom stereocenters. The SMILES string of the molecule is Cc1ccc(Nc2nc(N/N=C/c3c[nH]c4ccccc34)nc(N3C4CCC3COC4)n2)cc1. The van der Waals surface area contributed by atoms with Gasteiger partial charge >= 0.3 is 0 Å². The molecule has 3 N–H and O–H groups in total. The van der Waals surface area contributed by atoms with E-state index in [1.165, 1.54) is 5.56 Å². The van der Waals surface area contributed by atoms with E-state index < -0.39 is 0 Å². The Hall–Kier alpha value is -3.98. The number of morpholine rings is 1. The number of para-hydroxylation sites is 1. The molecule has 9 nitrogen and oxygen atoms in total. The number of benzene rings is 2. The summed E-state index contributed by atoms with van der Waals surface area (Å²) < 4.78 is 5.75. The highest BCUT2D eigenvalue weighted by molar-refractivity contribution is 5.99. The van der Waals surface area contributed by atoms with Gasteiger partial charge < -0.3 is 19.9 Å². The second kappa shape index (κ2) is 8.75. The highest BCUT2D eigenvalue weighted by Gasteiger charge is 2.39. The number of nitrogens with zero attached hydrogens (tertiary/aromatic N) is 5. The minimum Gasteiger partial charge on any atom is -0.377 e. The van der Waals surface area contributed by atoms with Crippen molar-refractivity contribution in [3.05, 3.63) is 65.9 Å². The fourth-order valence-corrected chi connectivity index (χ4v) is 4.67. The summed E-state index contributed by atoms with van der Waals surface area (Å²) in [6.45, 7) is 3.46. The van der Waals surface area contributed by atoms with E-state index in [9.17, 15) is 0 Å². The number of anilines is 4. The first-order valence-corrected chi connectivity index (χ1v) is 11.5. The van der Waals surface area contributed by atoms with Crippen LogP contribution in [0.3, 0.4) is 0 Å². The van der Waals surface area contributed by atoms with E-state index in [-0.39, 0.29) is 12.1 Å². The predicted octanol–water partition coefficient (Wildman–Crippen LogP) is 4.22. The van der Waals surface area contributed by atoms with Crippen LogP contribution in [0.1, 0.15) is 24.0 Å². The van der Waals surface area contributed by atoms with Crippen molar-refractivity contribution in [2.24, 2.45) is 5.10 Å². The van der Waals surface area contributed by atoms with Gasteiger partial charge in [0.25, 0.3) is 0 Å². The lowest BCUT2D eigenvalue weighted by Gasteiger charge is -2.34. The molecular formula is C25H26N8O. The van der Waals surface area contributed by atoms with Crippen molar-refractivity contribution in [3.63, 3.8) is 0 Å². The first kappa shape index (κ1) is 20.6. The summed E-state index contributed by atoms with van der Waals surface area (Å²) in [5.74, 6) is 1.51. The summed E-state index contributed by atoms with van der Waals surface area (Å²) in [6, 6.07) is 16.8. The van der Waals surface area contributed by atoms with Gasteiger partial charge in [0.2, 0.25) is 17.8 Å². The summed E-state index contributed by atoms with van der Waals surface area (Å²) >= 11 is 0. The minimum absolute atomic E-state index is 0.288. The summed E-state index contributed by atoms with van der Waals surface area (Å²) in [5.41, 5.74) is 7.18. The van der Waals surface area contributed by atoms with Crippen LogP contribution >= 0.6 is 0 Å². The minimum atomic E-state index is 0.288. The van der Waals surface area contributed by atoms with Crippen LogP contribution in [0.5, 0.6) is 0 Å². The third-order valence-corrected chi connectivity index (χ3v) is 6.39. The standard InChI is InChI=1S/C25H26N8O/c1-16-6-8-18(9-7-16)28-23-29-24(31-25(30-23)33-19-10-11-20(33)15-34-14-19)32-27-13-17-12-26-22-5-3-2-4-21(17)22/h2-9,12-13,19-20,26H,10-11,14-15H2,1H3,(H2,28,29,30,31,32)/b27-13+. The van der Waals surface area contributed by atoms with Crippen molar-refractivity contribution in [2.45, 2.75) is 31.8 Å². The number of aryl methyl sites for hydroxylation is 1. The molecule has 4 heterocycles. The zero-order chi connectivity index (χ0) is 22.9. The quantitative estimate of drug-likeness (QED) is 0.296. The first-order chi connectivity index (χ1) is 16.7. The number of aromatic amines is 1.